The van der Waals surface area contributed by atoms with E-state index in [9.17, 15) is 4.79 Å². The van der Waals surface area contributed by atoms with Crippen LogP contribution in [0.5, 0.6) is 11.5 Å². The quantitative estimate of drug-likeness (QED) is 0.449. The van der Waals surface area contributed by atoms with E-state index in [1.54, 1.807) is 19.9 Å². The molecule has 0 amide bonds. The topological polar surface area (TPSA) is 44.8 Å². The highest BCUT2D eigenvalue weighted by Gasteiger charge is 2.08. The molecule has 0 unspecified atom stereocenters. The molecule has 0 atom stereocenters. The Balaban J connectivity index is 2.78. The third-order valence-corrected chi connectivity index (χ3v) is 2.09. The molecular formula is C15H20O4. The Hall–Kier alpha value is -1.97. The zero-order valence-corrected chi connectivity index (χ0v) is 11.8. The Bertz CT molecular complexity index is 449. The number of carbonyl (C=O) groups is 1. The average Bonchev–Trinajstić information content (AvgIpc) is 2.31. The molecular weight excluding hydrogens is 244 g/mol. The van der Waals surface area contributed by atoms with Gasteiger partial charge in [-0.05, 0) is 39.8 Å². The van der Waals surface area contributed by atoms with Crippen molar-refractivity contribution in [3.8, 4) is 11.5 Å². The van der Waals surface area contributed by atoms with Crippen LogP contribution in [0, 0.1) is 0 Å². The first-order valence-electron chi connectivity index (χ1n) is 6.31. The summed E-state index contributed by atoms with van der Waals surface area (Å²) < 4.78 is 16.0. The van der Waals surface area contributed by atoms with Crippen molar-refractivity contribution in [2.45, 2.75) is 33.8 Å². The lowest BCUT2D eigenvalue weighted by molar-refractivity contribution is -0.137. The van der Waals surface area contributed by atoms with E-state index >= 15 is 0 Å². The highest BCUT2D eigenvalue weighted by atomic mass is 16.5. The maximum atomic E-state index is 11.3. The number of benzene rings is 1. The molecule has 4 nitrogen and oxygen atoms in total. The second kappa shape index (κ2) is 7.46. The van der Waals surface area contributed by atoms with Crippen LogP contribution in [0.25, 0.3) is 0 Å². The third kappa shape index (κ3) is 5.46. The monoisotopic (exact) mass is 264 g/mol. The van der Waals surface area contributed by atoms with Crippen molar-refractivity contribution in [3.05, 3.63) is 36.1 Å². The fraction of sp³-hybridized carbons (Fsp3) is 0.400. The molecule has 0 fully saturated rings. The Kier molecular flexibility index (Phi) is 5.93. The minimum Gasteiger partial charge on any atom is -0.487 e. The number of allylic oxidation sites excluding steroid dienone is 1. The number of para-hydroxylation sites is 2. The van der Waals surface area contributed by atoms with E-state index in [0.717, 1.165) is 0 Å². The molecule has 0 heterocycles. The van der Waals surface area contributed by atoms with E-state index in [1.165, 1.54) is 6.08 Å². The SMILES string of the molecule is CCOC(=O)/C=C(/C)Oc1ccccc1OC(C)C. The van der Waals surface area contributed by atoms with Crippen LogP contribution >= 0.6 is 0 Å². The van der Waals surface area contributed by atoms with Gasteiger partial charge in [-0.2, -0.15) is 0 Å². The summed E-state index contributed by atoms with van der Waals surface area (Å²) in [7, 11) is 0. The van der Waals surface area contributed by atoms with Gasteiger partial charge in [0.1, 0.15) is 5.76 Å². The molecule has 0 saturated heterocycles. The number of rotatable bonds is 6. The molecule has 19 heavy (non-hydrogen) atoms. The predicted octanol–water partition coefficient (Wildman–Crippen LogP) is 3.32. The molecule has 104 valence electrons. The fourth-order valence-electron chi connectivity index (χ4n) is 1.44. The summed E-state index contributed by atoms with van der Waals surface area (Å²) >= 11 is 0. The molecule has 0 aliphatic heterocycles. The molecule has 1 rings (SSSR count). The van der Waals surface area contributed by atoms with Crippen LogP contribution in [-0.4, -0.2) is 18.7 Å². The number of hydrogen-bond donors (Lipinski definition) is 0. The molecule has 1 aromatic rings. The van der Waals surface area contributed by atoms with Gasteiger partial charge in [0.05, 0.1) is 18.8 Å². The molecule has 0 aliphatic carbocycles. The molecule has 0 aromatic heterocycles. The van der Waals surface area contributed by atoms with Crippen molar-refractivity contribution in [2.24, 2.45) is 0 Å². The van der Waals surface area contributed by atoms with E-state index in [1.807, 2.05) is 32.0 Å². The molecule has 0 radical (unpaired) electrons. The fourth-order valence-corrected chi connectivity index (χ4v) is 1.44. The molecule has 1 aromatic carbocycles. The summed E-state index contributed by atoms with van der Waals surface area (Å²) in [6.07, 6.45) is 1.37. The van der Waals surface area contributed by atoms with Crippen molar-refractivity contribution < 1.29 is 19.0 Å². The van der Waals surface area contributed by atoms with Crippen molar-refractivity contribution in [2.75, 3.05) is 6.61 Å². The van der Waals surface area contributed by atoms with Crippen molar-refractivity contribution in [1.82, 2.24) is 0 Å². The summed E-state index contributed by atoms with van der Waals surface area (Å²) in [4.78, 5) is 11.3. The first-order chi connectivity index (χ1) is 9.02. The lowest BCUT2D eigenvalue weighted by atomic mass is 10.3. The summed E-state index contributed by atoms with van der Waals surface area (Å²) in [5, 5.41) is 0. The summed E-state index contributed by atoms with van der Waals surface area (Å²) in [5.74, 6) is 1.27. The summed E-state index contributed by atoms with van der Waals surface area (Å²) in [5.41, 5.74) is 0. The van der Waals surface area contributed by atoms with Crippen molar-refractivity contribution >= 4 is 5.97 Å². The highest BCUT2D eigenvalue weighted by molar-refractivity contribution is 5.82. The van der Waals surface area contributed by atoms with Crippen LogP contribution in [0.3, 0.4) is 0 Å². The van der Waals surface area contributed by atoms with Crippen LogP contribution in [0.15, 0.2) is 36.1 Å². The number of hydrogen-bond acceptors (Lipinski definition) is 4. The van der Waals surface area contributed by atoms with Crippen LogP contribution in [-0.2, 0) is 9.53 Å². The van der Waals surface area contributed by atoms with Gasteiger partial charge in [0.2, 0.25) is 0 Å². The first kappa shape index (κ1) is 15.1. The van der Waals surface area contributed by atoms with E-state index in [-0.39, 0.29) is 6.10 Å². The smallest absolute Gasteiger partial charge is 0.334 e. The molecule has 0 aliphatic rings. The first-order valence-corrected chi connectivity index (χ1v) is 6.31. The Morgan fingerprint density at radius 3 is 2.47 bits per heavy atom. The van der Waals surface area contributed by atoms with Gasteiger partial charge < -0.3 is 14.2 Å². The van der Waals surface area contributed by atoms with Gasteiger partial charge in [-0.3, -0.25) is 0 Å². The molecule has 0 bridgehead atoms. The van der Waals surface area contributed by atoms with Crippen LogP contribution in [0.1, 0.15) is 27.7 Å². The van der Waals surface area contributed by atoms with Crippen LogP contribution in [0.2, 0.25) is 0 Å². The third-order valence-electron chi connectivity index (χ3n) is 2.09. The van der Waals surface area contributed by atoms with E-state index in [4.69, 9.17) is 14.2 Å². The number of ether oxygens (including phenoxy) is 3. The maximum Gasteiger partial charge on any atom is 0.334 e. The standard InChI is InChI=1S/C15H20O4/c1-5-17-15(16)10-12(4)19-14-9-7-6-8-13(14)18-11(2)3/h6-11H,5H2,1-4H3/b12-10-. The van der Waals surface area contributed by atoms with E-state index in [0.29, 0.717) is 23.9 Å². The van der Waals surface area contributed by atoms with Gasteiger partial charge in [0, 0.05) is 0 Å². The van der Waals surface area contributed by atoms with Gasteiger partial charge in [-0.1, -0.05) is 12.1 Å². The molecule has 0 spiro atoms. The van der Waals surface area contributed by atoms with Crippen LogP contribution in [0.4, 0.5) is 0 Å². The molecule has 0 saturated carbocycles. The van der Waals surface area contributed by atoms with Gasteiger partial charge in [-0.25, -0.2) is 4.79 Å². The van der Waals surface area contributed by atoms with Gasteiger partial charge in [0.25, 0.3) is 0 Å². The van der Waals surface area contributed by atoms with Crippen molar-refractivity contribution in [3.63, 3.8) is 0 Å². The molecule has 4 heteroatoms. The minimum atomic E-state index is -0.415. The lowest BCUT2D eigenvalue weighted by Gasteiger charge is -2.14. The van der Waals surface area contributed by atoms with Crippen LogP contribution < -0.4 is 9.47 Å². The molecule has 0 N–H and O–H groups in total. The van der Waals surface area contributed by atoms with Crippen molar-refractivity contribution in [1.29, 1.82) is 0 Å². The Labute approximate surface area is 114 Å². The van der Waals surface area contributed by atoms with Gasteiger partial charge in [-0.15, -0.1) is 0 Å². The Morgan fingerprint density at radius 1 is 1.26 bits per heavy atom. The van der Waals surface area contributed by atoms with E-state index in [2.05, 4.69) is 0 Å². The van der Waals surface area contributed by atoms with Gasteiger partial charge in [0.15, 0.2) is 11.5 Å². The minimum absolute atomic E-state index is 0.0547. The number of carbonyl (C=O) groups excluding carboxylic acids is 1. The maximum absolute atomic E-state index is 11.3. The zero-order valence-electron chi connectivity index (χ0n) is 11.8. The number of esters is 1. The zero-order chi connectivity index (χ0) is 14.3. The van der Waals surface area contributed by atoms with E-state index < -0.39 is 5.97 Å². The Morgan fingerprint density at radius 2 is 1.89 bits per heavy atom. The summed E-state index contributed by atoms with van der Waals surface area (Å²) in [6, 6.07) is 7.34. The highest BCUT2D eigenvalue weighted by Crippen LogP contribution is 2.28. The van der Waals surface area contributed by atoms with Gasteiger partial charge >= 0.3 is 5.97 Å². The average molecular weight is 264 g/mol. The second-order valence-corrected chi connectivity index (χ2v) is 4.22. The summed E-state index contributed by atoms with van der Waals surface area (Å²) in [6.45, 7) is 7.68. The largest absolute Gasteiger partial charge is 0.487 e. The second-order valence-electron chi connectivity index (χ2n) is 4.22. The lowest BCUT2D eigenvalue weighted by Crippen LogP contribution is -2.07. The predicted molar refractivity (Wildman–Crippen MR) is 73.2 cm³/mol. The normalized spacial score (nSPS) is 11.3.